The predicted molar refractivity (Wildman–Crippen MR) is 173 cm³/mol. The van der Waals surface area contributed by atoms with Crippen LogP contribution in [0.1, 0.15) is 60.3 Å². The molecule has 0 fully saturated rings. The minimum absolute atomic E-state index is 0.00280. The van der Waals surface area contributed by atoms with E-state index in [0.29, 0.717) is 13.0 Å². The summed E-state index contributed by atoms with van der Waals surface area (Å²) in [5, 5.41) is 23.7. The van der Waals surface area contributed by atoms with Gasteiger partial charge in [0.1, 0.15) is 24.4 Å². The molecule has 0 bridgehead atoms. The molecule has 0 aromatic rings. The first-order chi connectivity index (χ1) is 20.2. The highest BCUT2D eigenvalue weighted by Crippen LogP contribution is 2.19. The van der Waals surface area contributed by atoms with Gasteiger partial charge in [0, 0.05) is 38.2 Å². The Balaban J connectivity index is 5.74. The lowest BCUT2D eigenvalue weighted by molar-refractivity contribution is -0.124. The van der Waals surface area contributed by atoms with E-state index in [2.05, 4.69) is 15.3 Å². The van der Waals surface area contributed by atoms with Crippen molar-refractivity contribution in [2.24, 2.45) is 62.1 Å². The zero-order chi connectivity index (χ0) is 33.1. The predicted octanol–water partition coefficient (Wildman–Crippen LogP) is -0.329. The highest BCUT2D eigenvalue weighted by atomic mass is 19.1. The van der Waals surface area contributed by atoms with Crippen LogP contribution in [0.5, 0.6) is 0 Å². The average Bonchev–Trinajstić information content (AvgIpc) is 2.99. The molecule has 11 unspecified atom stereocenters. The summed E-state index contributed by atoms with van der Waals surface area (Å²) in [6.45, 7) is 9.35. The van der Waals surface area contributed by atoms with Crippen LogP contribution in [0.15, 0.2) is 22.3 Å². The van der Waals surface area contributed by atoms with E-state index in [1.54, 1.807) is 20.2 Å². The smallest absolute Gasteiger partial charge is 0.176 e. The quantitative estimate of drug-likeness (QED) is 0.0384. The van der Waals surface area contributed by atoms with Gasteiger partial charge in [-0.05, 0) is 57.2 Å². The molecule has 0 spiro atoms. The highest BCUT2D eigenvalue weighted by Gasteiger charge is 2.32. The van der Waals surface area contributed by atoms with Crippen molar-refractivity contribution in [3.63, 3.8) is 0 Å². The Morgan fingerprint density at radius 2 is 1.60 bits per heavy atom. The third kappa shape index (κ3) is 16.7. The van der Waals surface area contributed by atoms with Crippen LogP contribution in [0.2, 0.25) is 0 Å². The number of hydrogen-bond donors (Lipinski definition) is 9. The van der Waals surface area contributed by atoms with E-state index in [0.717, 1.165) is 19.3 Å². The second-order valence-electron chi connectivity index (χ2n) is 11.7. The standard InChI is InChI=1S/C29H62FN9O4/c1-7-17(2)25(34)19(4)27(41)29(36)39-16-22(32)28(26(35)20(5)43-24(40)10-12-37-6)42-13-11-21(9-8-18(3)31)15-38-23(33)14-30/h10,12,17-22,24-28,37,40-41H,7-9,11,13-16,31-32,34-35H2,1-6H3,(H2,33,38)(H2,36,39)/b12-10+. The van der Waals surface area contributed by atoms with Crippen LogP contribution < -0.4 is 39.7 Å². The van der Waals surface area contributed by atoms with Gasteiger partial charge in [-0.1, -0.05) is 27.2 Å². The van der Waals surface area contributed by atoms with Crippen molar-refractivity contribution in [1.29, 1.82) is 0 Å². The van der Waals surface area contributed by atoms with E-state index >= 15 is 0 Å². The zero-order valence-electron chi connectivity index (χ0n) is 27.1. The number of aliphatic hydroxyl groups excluding tert-OH is 2. The molecule has 0 amide bonds. The number of nitrogens with two attached hydrogens (primary N) is 6. The summed E-state index contributed by atoms with van der Waals surface area (Å²) in [4.78, 5) is 8.50. The van der Waals surface area contributed by atoms with Gasteiger partial charge in [0.05, 0.1) is 30.8 Å². The van der Waals surface area contributed by atoms with Crippen LogP contribution in [0.25, 0.3) is 0 Å². The molecule has 254 valence electrons. The molecule has 11 atom stereocenters. The van der Waals surface area contributed by atoms with Gasteiger partial charge in [-0.2, -0.15) is 0 Å². The van der Waals surface area contributed by atoms with Gasteiger partial charge in [-0.15, -0.1) is 0 Å². The summed E-state index contributed by atoms with van der Waals surface area (Å²) in [7, 11) is 1.70. The van der Waals surface area contributed by atoms with Gasteiger partial charge >= 0.3 is 0 Å². The zero-order valence-corrected chi connectivity index (χ0v) is 27.1. The largest absolute Gasteiger partial charge is 0.394 e. The first-order valence-electron chi connectivity index (χ1n) is 15.3. The number of halogens is 1. The van der Waals surface area contributed by atoms with Gasteiger partial charge in [0.2, 0.25) is 0 Å². The number of nitrogens with zero attached hydrogens (tertiary/aromatic N) is 2. The molecule has 0 heterocycles. The number of amidine groups is 2. The fourth-order valence-corrected chi connectivity index (χ4v) is 4.49. The van der Waals surface area contributed by atoms with Crippen molar-refractivity contribution < 1.29 is 24.1 Å². The Kier molecular flexibility index (Phi) is 21.6. The molecule has 14 heteroatoms. The molecule has 43 heavy (non-hydrogen) atoms. The van der Waals surface area contributed by atoms with E-state index in [9.17, 15) is 14.6 Å². The van der Waals surface area contributed by atoms with Crippen LogP contribution in [-0.4, -0.2) is 104 Å². The maximum atomic E-state index is 12.8. The lowest BCUT2D eigenvalue weighted by Gasteiger charge is -2.33. The summed E-state index contributed by atoms with van der Waals surface area (Å²) >= 11 is 0. The second-order valence-corrected chi connectivity index (χ2v) is 11.7. The number of alkyl halides is 1. The first kappa shape index (κ1) is 41.1. The van der Waals surface area contributed by atoms with Crippen LogP contribution in [0, 0.1) is 17.8 Å². The number of hydrogen-bond acceptors (Lipinski definition) is 11. The van der Waals surface area contributed by atoms with Gasteiger partial charge in [-0.25, -0.2) is 4.39 Å². The van der Waals surface area contributed by atoms with Crippen LogP contribution in [0.4, 0.5) is 4.39 Å². The Morgan fingerprint density at radius 1 is 0.953 bits per heavy atom. The molecular formula is C29H62FN9O4. The molecular weight excluding hydrogens is 557 g/mol. The topological polar surface area (TPSA) is 252 Å². The Morgan fingerprint density at radius 3 is 2.16 bits per heavy atom. The third-order valence-corrected chi connectivity index (χ3v) is 7.88. The molecule has 0 aliphatic rings. The van der Waals surface area contributed by atoms with Gasteiger partial charge in [0.25, 0.3) is 0 Å². The van der Waals surface area contributed by atoms with E-state index in [1.165, 1.54) is 6.08 Å². The van der Waals surface area contributed by atoms with E-state index in [4.69, 9.17) is 43.9 Å². The number of nitrogens with one attached hydrogen (secondary N) is 1. The van der Waals surface area contributed by atoms with E-state index in [-0.39, 0.29) is 54.7 Å². The number of ether oxygens (including phenoxy) is 2. The summed E-state index contributed by atoms with van der Waals surface area (Å²) in [6, 6.07) is -1.73. The lowest BCUT2D eigenvalue weighted by atomic mass is 9.86. The normalized spacial score (nSPS) is 21.0. The van der Waals surface area contributed by atoms with Crippen molar-refractivity contribution >= 4 is 11.7 Å². The maximum absolute atomic E-state index is 12.8. The average molecular weight is 620 g/mol. The molecule has 13 nitrogen and oxygen atoms in total. The van der Waals surface area contributed by atoms with Gasteiger partial charge in [0.15, 0.2) is 6.29 Å². The molecule has 0 aromatic carbocycles. The fraction of sp³-hybridized carbons (Fsp3) is 0.862. The molecule has 0 saturated heterocycles. The highest BCUT2D eigenvalue weighted by molar-refractivity contribution is 5.85. The van der Waals surface area contributed by atoms with Crippen LogP contribution in [0.3, 0.4) is 0 Å². The van der Waals surface area contributed by atoms with E-state index < -0.39 is 43.4 Å². The third-order valence-electron chi connectivity index (χ3n) is 7.88. The van der Waals surface area contributed by atoms with Gasteiger partial charge in [-0.3, -0.25) is 9.98 Å². The summed E-state index contributed by atoms with van der Waals surface area (Å²) in [5.41, 5.74) is 37.1. The summed E-state index contributed by atoms with van der Waals surface area (Å²) in [6.07, 6.45) is 2.29. The number of aliphatic imine (C=N–C) groups is 2. The van der Waals surface area contributed by atoms with Crippen molar-refractivity contribution in [1.82, 2.24) is 5.32 Å². The van der Waals surface area contributed by atoms with E-state index in [1.807, 2.05) is 27.7 Å². The Labute approximate surface area is 258 Å². The summed E-state index contributed by atoms with van der Waals surface area (Å²) in [5.74, 6) is -0.0856. The molecule has 0 radical (unpaired) electrons. The Bertz CT molecular complexity index is 821. The first-order valence-corrected chi connectivity index (χ1v) is 15.3. The SMILES string of the molecule is CCC(C)C(N)C(C)C(O)C(N)=NCC(N)C(OCCC(CCC(C)N)CN=C(N)CF)C(N)C(C)OC(O)/C=C/NC. The number of aliphatic hydroxyl groups is 2. The van der Waals surface area contributed by atoms with Crippen molar-refractivity contribution in [3.05, 3.63) is 12.3 Å². The Hall–Kier alpha value is -1.91. The van der Waals surface area contributed by atoms with Crippen molar-refractivity contribution in [3.8, 4) is 0 Å². The van der Waals surface area contributed by atoms with Gasteiger partial charge < -0.3 is 59.4 Å². The lowest BCUT2D eigenvalue weighted by Crippen LogP contribution is -2.56. The molecule has 0 saturated carbocycles. The monoisotopic (exact) mass is 619 g/mol. The maximum Gasteiger partial charge on any atom is 0.176 e. The molecule has 0 aliphatic carbocycles. The minimum Gasteiger partial charge on any atom is -0.394 e. The minimum atomic E-state index is -1.20. The van der Waals surface area contributed by atoms with Crippen LogP contribution >= 0.6 is 0 Å². The number of rotatable bonds is 24. The summed E-state index contributed by atoms with van der Waals surface area (Å²) < 4.78 is 24.7. The van der Waals surface area contributed by atoms with Crippen molar-refractivity contribution in [2.45, 2.75) is 109 Å². The molecule has 0 aromatic heterocycles. The van der Waals surface area contributed by atoms with Crippen molar-refractivity contribution in [2.75, 3.05) is 33.4 Å². The molecule has 0 rings (SSSR count). The second kappa shape index (κ2) is 22.6. The molecule has 0 aliphatic heterocycles. The fourth-order valence-electron chi connectivity index (χ4n) is 4.49. The molecule has 15 N–H and O–H groups in total. The van der Waals surface area contributed by atoms with Crippen LogP contribution in [-0.2, 0) is 9.47 Å².